The molecule has 1 N–H and O–H groups in total. The van der Waals surface area contributed by atoms with E-state index in [1.807, 2.05) is 19.1 Å². The van der Waals surface area contributed by atoms with Crippen molar-refractivity contribution in [3.8, 4) is 0 Å². The topological polar surface area (TPSA) is 47.6 Å². The summed E-state index contributed by atoms with van der Waals surface area (Å²) < 4.78 is 51.9. The molecule has 0 aromatic heterocycles. The molecule has 3 aliphatic rings. The zero-order chi connectivity index (χ0) is 22.7. The molecule has 0 bridgehead atoms. The van der Waals surface area contributed by atoms with Crippen LogP contribution in [-0.4, -0.2) is 24.7 Å². The molecule has 1 saturated heterocycles. The Bertz CT molecular complexity index is 880. The predicted octanol–water partition coefficient (Wildman–Crippen LogP) is 6.20. The highest BCUT2D eigenvalue weighted by atomic mass is 19.4. The van der Waals surface area contributed by atoms with Crippen LogP contribution in [0, 0.1) is 11.8 Å². The van der Waals surface area contributed by atoms with Crippen molar-refractivity contribution in [1.82, 2.24) is 0 Å². The van der Waals surface area contributed by atoms with Crippen LogP contribution in [-0.2, 0) is 20.4 Å². The number of hydrogen-bond acceptors (Lipinski definition) is 4. The van der Waals surface area contributed by atoms with E-state index in [1.165, 1.54) is 12.1 Å². The summed E-state index contributed by atoms with van der Waals surface area (Å²) in [5.41, 5.74) is 0.554. The molecule has 0 radical (unpaired) electrons. The molecule has 1 aliphatic carbocycles. The van der Waals surface area contributed by atoms with E-state index in [2.05, 4.69) is 17.5 Å². The highest BCUT2D eigenvalue weighted by Crippen LogP contribution is 2.49. The Balaban J connectivity index is 1.56. The van der Waals surface area contributed by atoms with E-state index in [1.54, 1.807) is 0 Å². The van der Waals surface area contributed by atoms with E-state index in [0.717, 1.165) is 31.7 Å². The zero-order valence-electron chi connectivity index (χ0n) is 18.2. The number of esters is 1. The van der Waals surface area contributed by atoms with E-state index in [4.69, 9.17) is 9.47 Å². The average molecular weight is 450 g/mol. The molecule has 2 aliphatic heterocycles. The molecule has 0 amide bonds. The highest BCUT2D eigenvalue weighted by molar-refractivity contribution is 5.69. The van der Waals surface area contributed by atoms with Gasteiger partial charge in [0.25, 0.3) is 0 Å². The fourth-order valence-electron chi connectivity index (χ4n) is 4.96. The first-order valence-corrected chi connectivity index (χ1v) is 11.5. The summed E-state index contributed by atoms with van der Waals surface area (Å²) in [6.07, 6.45) is 7.57. The Morgan fingerprint density at radius 2 is 2.09 bits per heavy atom. The number of allylic oxidation sites excluding steroid dienone is 3. The standard InChI is InChI=1S/C25H30F3NO3/c1-2-3-9-22(30)31-15-18-11-12-19-23(16-7-5-4-6-8-16)29-21-13-10-17(25(26,27)28)14-20(21)24(19)32-18/h4-7,10,13-14,16,18-19,23-24,29H,2-3,8-9,11-12,15H2,1H3/t16?,18?,19-,23-,24-/m0/s1. The van der Waals surface area contributed by atoms with Crippen molar-refractivity contribution in [3.63, 3.8) is 0 Å². The SMILES string of the molecule is CCCCC(=O)OCC1CC[C@@H]2[C@H](O1)c1cc(C(F)(F)F)ccc1N[C@H]2C1C=CC=CC1. The molecule has 4 rings (SSSR count). The molecule has 174 valence electrons. The number of rotatable bonds is 6. The minimum Gasteiger partial charge on any atom is -0.463 e. The first-order valence-electron chi connectivity index (χ1n) is 11.5. The lowest BCUT2D eigenvalue weighted by molar-refractivity contribution is -0.157. The zero-order valence-corrected chi connectivity index (χ0v) is 18.2. The largest absolute Gasteiger partial charge is 0.463 e. The van der Waals surface area contributed by atoms with Gasteiger partial charge in [-0.25, -0.2) is 0 Å². The van der Waals surface area contributed by atoms with Crippen LogP contribution < -0.4 is 5.32 Å². The van der Waals surface area contributed by atoms with E-state index >= 15 is 0 Å². The van der Waals surface area contributed by atoms with Crippen LogP contribution in [0.15, 0.2) is 42.5 Å². The average Bonchev–Trinajstić information content (AvgIpc) is 2.80. The van der Waals surface area contributed by atoms with Gasteiger partial charge in [0.2, 0.25) is 0 Å². The summed E-state index contributed by atoms with van der Waals surface area (Å²) >= 11 is 0. The van der Waals surface area contributed by atoms with E-state index in [0.29, 0.717) is 24.1 Å². The van der Waals surface area contributed by atoms with Gasteiger partial charge in [0.15, 0.2) is 0 Å². The molecule has 1 aromatic rings. The Kier molecular flexibility index (Phi) is 6.93. The van der Waals surface area contributed by atoms with E-state index in [9.17, 15) is 18.0 Å². The second-order valence-electron chi connectivity index (χ2n) is 8.89. The van der Waals surface area contributed by atoms with Crippen LogP contribution >= 0.6 is 0 Å². The number of fused-ring (bicyclic) bond motifs is 3. The number of carbonyl (C=O) groups is 1. The first-order chi connectivity index (χ1) is 15.4. The lowest BCUT2D eigenvalue weighted by atomic mass is 9.73. The van der Waals surface area contributed by atoms with Crippen molar-refractivity contribution in [2.45, 2.75) is 69.9 Å². The molecule has 2 unspecified atom stereocenters. The summed E-state index contributed by atoms with van der Waals surface area (Å²) in [5, 5.41) is 3.51. The van der Waals surface area contributed by atoms with Gasteiger partial charge in [-0.3, -0.25) is 4.79 Å². The molecule has 2 heterocycles. The number of ether oxygens (including phenoxy) is 2. The van der Waals surface area contributed by atoms with Crippen LogP contribution in [0.1, 0.15) is 62.7 Å². The quantitative estimate of drug-likeness (QED) is 0.525. The summed E-state index contributed by atoms with van der Waals surface area (Å²) in [6, 6.07) is 3.91. The molecule has 1 fully saturated rings. The third-order valence-corrected chi connectivity index (χ3v) is 6.66. The number of nitrogens with one attached hydrogen (secondary N) is 1. The van der Waals surface area contributed by atoms with Gasteiger partial charge in [-0.15, -0.1) is 0 Å². The van der Waals surface area contributed by atoms with Crippen LogP contribution in [0.25, 0.3) is 0 Å². The molecule has 32 heavy (non-hydrogen) atoms. The maximum absolute atomic E-state index is 13.4. The lowest BCUT2D eigenvalue weighted by Crippen LogP contribution is -2.47. The molecule has 1 aromatic carbocycles. The fraction of sp³-hybridized carbons (Fsp3) is 0.560. The summed E-state index contributed by atoms with van der Waals surface area (Å²) in [6.45, 7) is 2.15. The Hall–Kier alpha value is -2.28. The predicted molar refractivity (Wildman–Crippen MR) is 116 cm³/mol. The molecular weight excluding hydrogens is 419 g/mol. The van der Waals surface area contributed by atoms with Crippen LogP contribution in [0.3, 0.4) is 0 Å². The van der Waals surface area contributed by atoms with Crippen molar-refractivity contribution < 1.29 is 27.4 Å². The van der Waals surface area contributed by atoms with Gasteiger partial charge < -0.3 is 14.8 Å². The molecule has 0 saturated carbocycles. The number of carbonyl (C=O) groups excluding carboxylic acids is 1. The second-order valence-corrected chi connectivity index (χ2v) is 8.89. The Morgan fingerprint density at radius 1 is 1.25 bits per heavy atom. The molecule has 0 spiro atoms. The summed E-state index contributed by atoms with van der Waals surface area (Å²) in [7, 11) is 0. The van der Waals surface area contributed by atoms with Crippen molar-refractivity contribution in [3.05, 3.63) is 53.6 Å². The van der Waals surface area contributed by atoms with Gasteiger partial charge in [0.1, 0.15) is 6.61 Å². The van der Waals surface area contributed by atoms with Gasteiger partial charge >= 0.3 is 12.1 Å². The fourth-order valence-corrected chi connectivity index (χ4v) is 4.96. The number of halogens is 3. The maximum Gasteiger partial charge on any atom is 0.416 e. The monoisotopic (exact) mass is 449 g/mol. The van der Waals surface area contributed by atoms with E-state index < -0.39 is 17.8 Å². The summed E-state index contributed by atoms with van der Waals surface area (Å²) in [4.78, 5) is 11.9. The third-order valence-electron chi connectivity index (χ3n) is 6.66. The number of benzene rings is 1. The maximum atomic E-state index is 13.4. The van der Waals surface area contributed by atoms with Crippen molar-refractivity contribution in [2.75, 3.05) is 11.9 Å². The smallest absolute Gasteiger partial charge is 0.416 e. The van der Waals surface area contributed by atoms with Crippen LogP contribution in [0.5, 0.6) is 0 Å². The van der Waals surface area contributed by atoms with Gasteiger partial charge in [0, 0.05) is 35.5 Å². The normalized spacial score (nSPS) is 29.1. The second kappa shape index (κ2) is 9.69. The minimum absolute atomic E-state index is 0.0409. The molecule has 5 atom stereocenters. The molecule has 4 nitrogen and oxygen atoms in total. The Labute approximate surface area is 186 Å². The number of alkyl halides is 3. The molecule has 7 heteroatoms. The van der Waals surface area contributed by atoms with Crippen molar-refractivity contribution >= 4 is 11.7 Å². The van der Waals surface area contributed by atoms with Gasteiger partial charge in [0.05, 0.1) is 17.8 Å². The van der Waals surface area contributed by atoms with Gasteiger partial charge in [-0.05, 0) is 43.9 Å². The van der Waals surface area contributed by atoms with Gasteiger partial charge in [-0.1, -0.05) is 37.6 Å². The van der Waals surface area contributed by atoms with Crippen LogP contribution in [0.4, 0.5) is 18.9 Å². The van der Waals surface area contributed by atoms with E-state index in [-0.39, 0.29) is 36.6 Å². The Morgan fingerprint density at radius 3 is 2.81 bits per heavy atom. The van der Waals surface area contributed by atoms with Crippen LogP contribution in [0.2, 0.25) is 0 Å². The van der Waals surface area contributed by atoms with Gasteiger partial charge in [-0.2, -0.15) is 13.2 Å². The number of anilines is 1. The first kappa shape index (κ1) is 22.9. The lowest BCUT2D eigenvalue weighted by Gasteiger charge is -2.47. The summed E-state index contributed by atoms with van der Waals surface area (Å²) in [5.74, 6) is 0.0359. The van der Waals surface area contributed by atoms with Crippen molar-refractivity contribution in [1.29, 1.82) is 0 Å². The number of hydrogen-bond donors (Lipinski definition) is 1. The minimum atomic E-state index is -4.42. The third kappa shape index (κ3) is 5.03. The number of unbranched alkanes of at least 4 members (excludes halogenated alkanes) is 1. The highest BCUT2D eigenvalue weighted by Gasteiger charge is 2.45. The van der Waals surface area contributed by atoms with Crippen molar-refractivity contribution in [2.24, 2.45) is 11.8 Å². The molecular formula is C25H30F3NO3.